The average Bonchev–Trinajstić information content (AvgIpc) is 3.14. The van der Waals surface area contributed by atoms with Gasteiger partial charge in [0.1, 0.15) is 5.92 Å². The molecule has 140 valence electrons. The number of Topliss-reactive ketones (excluding diaryl/α,β-unsaturated/α-hetero) is 2. The Hall–Kier alpha value is -1.52. The molecule has 2 saturated carbocycles. The number of carbonyl (C=O) groups excluding carboxylic acids is 2. The fourth-order valence-electron chi connectivity index (χ4n) is 5.48. The van der Waals surface area contributed by atoms with Crippen molar-refractivity contribution in [2.24, 2.45) is 11.8 Å². The molecular weight excluding hydrogens is 328 g/mol. The number of ketones is 2. The summed E-state index contributed by atoms with van der Waals surface area (Å²) in [7, 11) is 0. The van der Waals surface area contributed by atoms with E-state index in [-0.39, 0.29) is 23.4 Å². The van der Waals surface area contributed by atoms with Crippen LogP contribution in [0.1, 0.15) is 61.8 Å². The lowest BCUT2D eigenvalue weighted by molar-refractivity contribution is -0.162. The largest absolute Gasteiger partial charge is 0.347 e. The SMILES string of the molecule is CCc1cc(C)cc(C)c1C1C(=O)C2CC3(COC(C)(C)O3)CC2C1=O. The Morgan fingerprint density at radius 1 is 1.08 bits per heavy atom. The van der Waals surface area contributed by atoms with E-state index in [4.69, 9.17) is 9.47 Å². The van der Waals surface area contributed by atoms with Crippen LogP contribution >= 0.6 is 0 Å². The van der Waals surface area contributed by atoms with Crippen molar-refractivity contribution in [2.75, 3.05) is 6.61 Å². The van der Waals surface area contributed by atoms with Gasteiger partial charge in [0.15, 0.2) is 17.4 Å². The number of hydrogen-bond donors (Lipinski definition) is 0. The van der Waals surface area contributed by atoms with Crippen molar-refractivity contribution in [3.05, 3.63) is 34.4 Å². The molecule has 1 saturated heterocycles. The molecule has 26 heavy (non-hydrogen) atoms. The van der Waals surface area contributed by atoms with Crippen molar-refractivity contribution >= 4 is 11.6 Å². The van der Waals surface area contributed by atoms with Crippen LogP contribution in [0.4, 0.5) is 0 Å². The van der Waals surface area contributed by atoms with Crippen LogP contribution in [-0.2, 0) is 25.5 Å². The lowest BCUT2D eigenvalue weighted by Crippen LogP contribution is -2.34. The van der Waals surface area contributed by atoms with Gasteiger partial charge in [0.05, 0.1) is 12.2 Å². The minimum atomic E-state index is -0.632. The Kier molecular flexibility index (Phi) is 3.94. The summed E-state index contributed by atoms with van der Waals surface area (Å²) in [6.45, 7) is 10.4. The first-order valence-corrected chi connectivity index (χ1v) is 9.68. The van der Waals surface area contributed by atoms with Gasteiger partial charge in [-0.05, 0) is 63.6 Å². The Balaban J connectivity index is 1.67. The van der Waals surface area contributed by atoms with E-state index >= 15 is 0 Å². The molecule has 4 rings (SSSR count). The third-order valence-electron chi connectivity index (χ3n) is 6.40. The molecule has 0 amide bonds. The second kappa shape index (κ2) is 5.74. The smallest absolute Gasteiger partial charge is 0.163 e. The second-order valence-corrected chi connectivity index (χ2v) is 8.84. The van der Waals surface area contributed by atoms with Crippen molar-refractivity contribution in [3.8, 4) is 0 Å². The van der Waals surface area contributed by atoms with Gasteiger partial charge in [-0.15, -0.1) is 0 Å². The fraction of sp³-hybridized carbons (Fsp3) is 0.636. The zero-order valence-electron chi connectivity index (χ0n) is 16.3. The summed E-state index contributed by atoms with van der Waals surface area (Å²) in [5, 5.41) is 0. The molecule has 1 aliphatic heterocycles. The summed E-state index contributed by atoms with van der Waals surface area (Å²) in [4.78, 5) is 26.6. The number of fused-ring (bicyclic) bond motifs is 1. The van der Waals surface area contributed by atoms with E-state index in [0.717, 1.165) is 23.1 Å². The molecule has 2 aliphatic carbocycles. The van der Waals surface area contributed by atoms with E-state index in [2.05, 4.69) is 26.0 Å². The second-order valence-electron chi connectivity index (χ2n) is 8.84. The van der Waals surface area contributed by atoms with Crippen LogP contribution < -0.4 is 0 Å². The van der Waals surface area contributed by atoms with E-state index in [9.17, 15) is 9.59 Å². The molecule has 4 nitrogen and oxygen atoms in total. The van der Waals surface area contributed by atoms with Crippen molar-refractivity contribution in [1.29, 1.82) is 0 Å². The highest BCUT2D eigenvalue weighted by atomic mass is 16.8. The topological polar surface area (TPSA) is 52.6 Å². The number of rotatable bonds is 2. The van der Waals surface area contributed by atoms with Crippen LogP contribution in [-0.4, -0.2) is 29.6 Å². The predicted molar refractivity (Wildman–Crippen MR) is 98.1 cm³/mol. The third kappa shape index (κ3) is 2.57. The highest BCUT2D eigenvalue weighted by Crippen LogP contribution is 2.54. The third-order valence-corrected chi connectivity index (χ3v) is 6.40. The standard InChI is InChI=1S/C22H28O4/c1-6-14-8-12(2)7-13(3)17(14)18-19(23)15-9-22(10-16(15)20(18)24)11-25-21(4,5)26-22/h7-8,15-16,18H,6,9-11H2,1-5H3. The van der Waals surface area contributed by atoms with Gasteiger partial charge < -0.3 is 9.47 Å². The van der Waals surface area contributed by atoms with E-state index in [1.807, 2.05) is 20.8 Å². The van der Waals surface area contributed by atoms with Gasteiger partial charge in [0.2, 0.25) is 0 Å². The number of hydrogen-bond acceptors (Lipinski definition) is 4. The molecular formula is C22H28O4. The van der Waals surface area contributed by atoms with Crippen molar-refractivity contribution in [3.63, 3.8) is 0 Å². The van der Waals surface area contributed by atoms with Crippen LogP contribution in [0.25, 0.3) is 0 Å². The van der Waals surface area contributed by atoms with Gasteiger partial charge in [0, 0.05) is 11.8 Å². The molecule has 0 aromatic heterocycles. The molecule has 1 aromatic rings. The fourth-order valence-corrected chi connectivity index (χ4v) is 5.48. The quantitative estimate of drug-likeness (QED) is 0.759. The minimum Gasteiger partial charge on any atom is -0.347 e. The van der Waals surface area contributed by atoms with Crippen molar-refractivity contribution < 1.29 is 19.1 Å². The summed E-state index contributed by atoms with van der Waals surface area (Å²) >= 11 is 0. The summed E-state index contributed by atoms with van der Waals surface area (Å²) in [5.74, 6) is -1.50. The monoisotopic (exact) mass is 356 g/mol. The van der Waals surface area contributed by atoms with Crippen LogP contribution in [0.2, 0.25) is 0 Å². The molecule has 2 unspecified atom stereocenters. The van der Waals surface area contributed by atoms with E-state index in [1.165, 1.54) is 5.56 Å². The van der Waals surface area contributed by atoms with Crippen molar-refractivity contribution in [2.45, 2.75) is 71.2 Å². The zero-order valence-corrected chi connectivity index (χ0v) is 16.3. The molecule has 0 radical (unpaired) electrons. The first-order valence-electron chi connectivity index (χ1n) is 9.68. The normalized spacial score (nSPS) is 35.5. The number of carbonyl (C=O) groups is 2. The first kappa shape index (κ1) is 17.9. The predicted octanol–water partition coefficient (Wildman–Crippen LogP) is 3.65. The van der Waals surface area contributed by atoms with Gasteiger partial charge >= 0.3 is 0 Å². The molecule has 3 aliphatic rings. The Morgan fingerprint density at radius 3 is 2.19 bits per heavy atom. The molecule has 4 heteroatoms. The number of benzene rings is 1. The van der Waals surface area contributed by atoms with Gasteiger partial charge in [-0.3, -0.25) is 9.59 Å². The van der Waals surface area contributed by atoms with Gasteiger partial charge in [-0.2, -0.15) is 0 Å². The molecule has 1 aromatic carbocycles. The van der Waals surface area contributed by atoms with Gasteiger partial charge in [0.25, 0.3) is 0 Å². The minimum absolute atomic E-state index is 0.0897. The maximum absolute atomic E-state index is 13.3. The lowest BCUT2D eigenvalue weighted by atomic mass is 9.83. The Morgan fingerprint density at radius 2 is 1.69 bits per heavy atom. The maximum atomic E-state index is 13.3. The summed E-state index contributed by atoms with van der Waals surface area (Å²) in [5.41, 5.74) is 3.86. The average molecular weight is 356 g/mol. The van der Waals surface area contributed by atoms with E-state index in [1.54, 1.807) is 0 Å². The van der Waals surface area contributed by atoms with Crippen LogP contribution in [0.3, 0.4) is 0 Å². The van der Waals surface area contributed by atoms with Crippen LogP contribution in [0, 0.1) is 25.7 Å². The molecule has 0 N–H and O–H groups in total. The van der Waals surface area contributed by atoms with Gasteiger partial charge in [-0.25, -0.2) is 0 Å². The molecule has 0 bridgehead atoms. The number of ether oxygens (including phenoxy) is 2. The van der Waals surface area contributed by atoms with E-state index < -0.39 is 17.3 Å². The molecule has 2 atom stereocenters. The lowest BCUT2D eigenvalue weighted by Gasteiger charge is -2.26. The van der Waals surface area contributed by atoms with Crippen molar-refractivity contribution in [1.82, 2.24) is 0 Å². The van der Waals surface area contributed by atoms with Crippen LogP contribution in [0.5, 0.6) is 0 Å². The summed E-state index contributed by atoms with van der Waals surface area (Å²) in [6, 6.07) is 4.20. The highest BCUT2D eigenvalue weighted by molar-refractivity contribution is 6.16. The summed E-state index contributed by atoms with van der Waals surface area (Å²) < 4.78 is 11.9. The molecule has 1 heterocycles. The van der Waals surface area contributed by atoms with Crippen LogP contribution in [0.15, 0.2) is 12.1 Å². The zero-order chi connectivity index (χ0) is 18.9. The summed E-state index contributed by atoms with van der Waals surface area (Å²) in [6.07, 6.45) is 2.04. The maximum Gasteiger partial charge on any atom is 0.163 e. The van der Waals surface area contributed by atoms with E-state index in [0.29, 0.717) is 19.4 Å². The Bertz CT molecular complexity index is 768. The molecule has 1 spiro atoms. The molecule has 3 fully saturated rings. The Labute approximate surface area is 155 Å². The number of aryl methyl sites for hydroxylation is 3. The highest BCUT2D eigenvalue weighted by Gasteiger charge is 2.62. The van der Waals surface area contributed by atoms with Gasteiger partial charge in [-0.1, -0.05) is 24.6 Å². The first-order chi connectivity index (χ1) is 12.2.